The summed E-state index contributed by atoms with van der Waals surface area (Å²) in [5.74, 6) is -0.0668. The number of amides is 1. The molecule has 1 aliphatic rings. The molecule has 1 saturated heterocycles. The van der Waals surface area contributed by atoms with Crippen LogP contribution in [0.25, 0.3) is 0 Å². The Labute approximate surface area is 224 Å². The summed E-state index contributed by atoms with van der Waals surface area (Å²) < 4.78 is 34.3. The molecule has 0 unspecified atom stereocenters. The molecule has 1 fully saturated rings. The number of hydrogen-bond donors (Lipinski definition) is 1. The zero-order chi connectivity index (χ0) is 26.3. The number of hydrogen-bond acceptors (Lipinski definition) is 5. The molecule has 0 aliphatic carbocycles. The van der Waals surface area contributed by atoms with E-state index in [2.05, 4.69) is 9.62 Å². The summed E-state index contributed by atoms with van der Waals surface area (Å²) in [6.45, 7) is 3.13. The summed E-state index contributed by atoms with van der Waals surface area (Å²) in [5, 5.41) is 0.856. The lowest BCUT2D eigenvalue weighted by molar-refractivity contribution is -0.131. The summed E-state index contributed by atoms with van der Waals surface area (Å²) in [6, 6.07) is 12.2. The van der Waals surface area contributed by atoms with Gasteiger partial charge in [-0.2, -0.15) is 12.7 Å². The average Bonchev–Trinajstić information content (AvgIpc) is 3.36. The number of carbonyl (C=O) groups excluding carboxylic acids is 1. The van der Waals surface area contributed by atoms with Crippen molar-refractivity contribution < 1.29 is 17.9 Å². The van der Waals surface area contributed by atoms with Crippen molar-refractivity contribution in [2.24, 2.45) is 0 Å². The van der Waals surface area contributed by atoms with Crippen molar-refractivity contribution in [2.45, 2.75) is 25.3 Å². The molecule has 0 bridgehead atoms. The quantitative estimate of drug-likeness (QED) is 0.426. The highest BCUT2D eigenvalue weighted by Crippen LogP contribution is 2.28. The number of likely N-dealkylation sites (N-methyl/N-ethyl adjacent to an activating group) is 2. The maximum absolute atomic E-state index is 13.3. The first-order valence-electron chi connectivity index (χ1n) is 11.9. The Bertz CT molecular complexity index is 1140. The van der Waals surface area contributed by atoms with E-state index in [1.165, 1.54) is 18.5 Å². The van der Waals surface area contributed by atoms with Crippen molar-refractivity contribution in [2.75, 3.05) is 58.7 Å². The molecular weight excluding hydrogens is 523 g/mol. The lowest BCUT2D eigenvalue weighted by atomic mass is 10.0. The highest BCUT2D eigenvalue weighted by molar-refractivity contribution is 7.90. The van der Waals surface area contributed by atoms with Gasteiger partial charge in [0.1, 0.15) is 0 Å². The maximum atomic E-state index is 13.3. The van der Waals surface area contributed by atoms with Crippen LogP contribution in [0.2, 0.25) is 10.0 Å². The molecule has 8 nitrogen and oxygen atoms in total. The van der Waals surface area contributed by atoms with E-state index in [-0.39, 0.29) is 24.9 Å². The predicted molar refractivity (Wildman–Crippen MR) is 145 cm³/mol. The number of carbonyl (C=O) groups is 1. The van der Waals surface area contributed by atoms with Crippen molar-refractivity contribution in [3.63, 3.8) is 0 Å². The number of methoxy groups -OCH3 is 1. The number of anilines is 1. The third-order valence-corrected chi connectivity index (χ3v) is 8.60. The molecule has 0 aromatic heterocycles. The van der Waals surface area contributed by atoms with Crippen molar-refractivity contribution in [1.29, 1.82) is 0 Å². The lowest BCUT2D eigenvalue weighted by Gasteiger charge is -2.32. The monoisotopic (exact) mass is 556 g/mol. The number of likely N-dealkylation sites (tertiary alicyclic amines) is 1. The largest absolute Gasteiger partial charge is 0.383 e. The Kier molecular flexibility index (Phi) is 10.4. The van der Waals surface area contributed by atoms with E-state index in [0.29, 0.717) is 28.9 Å². The topological polar surface area (TPSA) is 82.2 Å². The van der Waals surface area contributed by atoms with Crippen LogP contribution in [-0.2, 0) is 26.2 Å². The first-order chi connectivity index (χ1) is 17.1. The molecule has 36 heavy (non-hydrogen) atoms. The zero-order valence-electron chi connectivity index (χ0n) is 20.9. The van der Waals surface area contributed by atoms with Gasteiger partial charge in [-0.05, 0) is 61.3 Å². The van der Waals surface area contributed by atoms with Crippen LogP contribution in [0, 0.1) is 0 Å². The summed E-state index contributed by atoms with van der Waals surface area (Å²) in [5.41, 5.74) is 2.07. The van der Waals surface area contributed by atoms with Crippen molar-refractivity contribution in [1.82, 2.24) is 14.1 Å². The lowest BCUT2D eigenvalue weighted by Crippen LogP contribution is -2.39. The standard InChI is InChI=1S/C25H34Cl2N4O4S/c1-29(13-14-35-3)36(33,34)28-21-8-6-7-20(17-21)24(18-31-11-4-5-12-31)30(2)25(32)16-19-9-10-22(26)23(27)15-19/h6-10,15,17,24,28H,4-5,11-14,16,18H2,1-3H3/t24-/m1/s1. The van der Waals surface area contributed by atoms with Crippen LogP contribution in [0.1, 0.15) is 30.0 Å². The van der Waals surface area contributed by atoms with E-state index < -0.39 is 10.2 Å². The molecule has 0 radical (unpaired) electrons. The van der Waals surface area contributed by atoms with Crippen LogP contribution in [0.15, 0.2) is 42.5 Å². The highest BCUT2D eigenvalue weighted by Gasteiger charge is 2.27. The number of ether oxygens (including phenoxy) is 1. The maximum Gasteiger partial charge on any atom is 0.301 e. The summed E-state index contributed by atoms with van der Waals surface area (Å²) in [4.78, 5) is 17.4. The molecule has 0 spiro atoms. The van der Waals surface area contributed by atoms with Gasteiger partial charge in [0.15, 0.2) is 0 Å². The molecular formula is C25H34Cl2N4O4S. The molecule has 1 atom stereocenters. The van der Waals surface area contributed by atoms with Crippen molar-refractivity contribution >= 4 is 45.0 Å². The summed E-state index contributed by atoms with van der Waals surface area (Å²) >= 11 is 12.2. The third-order valence-electron chi connectivity index (χ3n) is 6.37. The molecule has 198 valence electrons. The molecule has 3 rings (SSSR count). The number of nitrogens with zero attached hydrogens (tertiary/aromatic N) is 3. The SMILES string of the molecule is COCCN(C)S(=O)(=O)Nc1cccc([C@@H](CN2CCCC2)N(C)C(=O)Cc2ccc(Cl)c(Cl)c2)c1. The Balaban J connectivity index is 1.82. The minimum Gasteiger partial charge on any atom is -0.383 e. The summed E-state index contributed by atoms with van der Waals surface area (Å²) in [6.07, 6.45) is 2.43. The second kappa shape index (κ2) is 13.1. The molecule has 1 aliphatic heterocycles. The number of benzene rings is 2. The minimum atomic E-state index is -3.75. The van der Waals surface area contributed by atoms with Crippen LogP contribution >= 0.6 is 23.2 Å². The van der Waals surface area contributed by atoms with Crippen molar-refractivity contribution in [3.05, 3.63) is 63.6 Å². The number of halogens is 2. The molecule has 11 heteroatoms. The molecule has 1 heterocycles. The average molecular weight is 558 g/mol. The van der Waals surface area contributed by atoms with Gasteiger partial charge in [-0.3, -0.25) is 9.52 Å². The molecule has 1 N–H and O–H groups in total. The van der Waals surface area contributed by atoms with E-state index in [9.17, 15) is 13.2 Å². The van der Waals surface area contributed by atoms with E-state index in [0.717, 1.165) is 37.1 Å². The Morgan fingerprint density at radius 1 is 1.11 bits per heavy atom. The van der Waals surface area contributed by atoms with Gasteiger partial charge in [0, 0.05) is 34.3 Å². The number of rotatable bonds is 12. The Morgan fingerprint density at radius 3 is 2.50 bits per heavy atom. The second-order valence-corrected chi connectivity index (χ2v) is 11.6. The molecule has 2 aromatic rings. The zero-order valence-corrected chi connectivity index (χ0v) is 23.2. The fraction of sp³-hybridized carbons (Fsp3) is 0.480. The smallest absolute Gasteiger partial charge is 0.301 e. The normalized spacial score (nSPS) is 15.3. The Hall–Kier alpha value is -1.88. The van der Waals surface area contributed by atoms with Gasteiger partial charge in [-0.25, -0.2) is 0 Å². The van der Waals surface area contributed by atoms with Crippen LogP contribution in [0.5, 0.6) is 0 Å². The fourth-order valence-corrected chi connectivity index (χ4v) is 5.38. The van der Waals surface area contributed by atoms with Gasteiger partial charge in [-0.1, -0.05) is 41.4 Å². The van der Waals surface area contributed by atoms with Gasteiger partial charge in [0.2, 0.25) is 5.91 Å². The van der Waals surface area contributed by atoms with Crippen LogP contribution in [0.3, 0.4) is 0 Å². The van der Waals surface area contributed by atoms with E-state index in [1.807, 2.05) is 6.07 Å². The third kappa shape index (κ3) is 7.81. The van der Waals surface area contributed by atoms with Gasteiger partial charge in [0.05, 0.1) is 34.8 Å². The van der Waals surface area contributed by atoms with Gasteiger partial charge in [-0.15, -0.1) is 0 Å². The molecule has 1 amide bonds. The Morgan fingerprint density at radius 2 is 1.83 bits per heavy atom. The number of nitrogens with one attached hydrogen (secondary N) is 1. The van der Waals surface area contributed by atoms with Crippen LogP contribution < -0.4 is 4.72 Å². The van der Waals surface area contributed by atoms with E-state index >= 15 is 0 Å². The van der Waals surface area contributed by atoms with Gasteiger partial charge < -0.3 is 14.5 Å². The van der Waals surface area contributed by atoms with E-state index in [1.54, 1.807) is 48.3 Å². The highest BCUT2D eigenvalue weighted by atomic mass is 35.5. The van der Waals surface area contributed by atoms with Gasteiger partial charge >= 0.3 is 10.2 Å². The van der Waals surface area contributed by atoms with Crippen molar-refractivity contribution in [3.8, 4) is 0 Å². The second-order valence-electron chi connectivity index (χ2n) is 9.00. The van der Waals surface area contributed by atoms with Gasteiger partial charge in [0.25, 0.3) is 0 Å². The fourth-order valence-electron chi connectivity index (χ4n) is 4.16. The molecule has 2 aromatic carbocycles. The first-order valence-corrected chi connectivity index (χ1v) is 14.0. The molecule has 0 saturated carbocycles. The van der Waals surface area contributed by atoms with Crippen LogP contribution in [-0.4, -0.2) is 82.4 Å². The first kappa shape index (κ1) is 28.7. The summed E-state index contributed by atoms with van der Waals surface area (Å²) in [7, 11) is 1.06. The predicted octanol–water partition coefficient (Wildman–Crippen LogP) is 4.07. The minimum absolute atomic E-state index is 0.0668. The van der Waals surface area contributed by atoms with Crippen LogP contribution in [0.4, 0.5) is 5.69 Å². The van der Waals surface area contributed by atoms with E-state index in [4.69, 9.17) is 27.9 Å².